The number of hydrogen-bond donors (Lipinski definition) is 0. The van der Waals surface area contributed by atoms with Crippen LogP contribution in [0.3, 0.4) is 0 Å². The Morgan fingerprint density at radius 1 is 1.27 bits per heavy atom. The molecule has 0 amide bonds. The SMILES string of the molecule is CC1COC2CCCCC2S1. The number of ether oxygens (including phenoxy) is 1. The fourth-order valence-corrected chi connectivity index (χ4v) is 3.45. The predicted molar refractivity (Wildman–Crippen MR) is 49.0 cm³/mol. The standard InChI is InChI=1S/C9H16OS/c1-7-6-10-8-4-2-3-5-9(8)11-7/h7-9H,2-6H2,1H3. The molecular formula is C9H16OS. The summed E-state index contributed by atoms with van der Waals surface area (Å²) < 4.78 is 5.77. The van der Waals surface area contributed by atoms with Gasteiger partial charge in [0.25, 0.3) is 0 Å². The molecule has 0 aromatic rings. The van der Waals surface area contributed by atoms with Gasteiger partial charge in [-0.15, -0.1) is 0 Å². The summed E-state index contributed by atoms with van der Waals surface area (Å²) in [4.78, 5) is 0. The van der Waals surface area contributed by atoms with E-state index in [9.17, 15) is 0 Å². The number of hydrogen-bond acceptors (Lipinski definition) is 2. The van der Waals surface area contributed by atoms with Crippen LogP contribution in [0.15, 0.2) is 0 Å². The minimum atomic E-state index is 0.602. The van der Waals surface area contributed by atoms with Crippen molar-refractivity contribution in [3.05, 3.63) is 0 Å². The molecule has 2 heteroatoms. The zero-order valence-electron chi connectivity index (χ0n) is 7.08. The van der Waals surface area contributed by atoms with E-state index in [1.54, 1.807) is 0 Å². The quantitative estimate of drug-likeness (QED) is 0.555. The summed E-state index contributed by atoms with van der Waals surface area (Å²) in [6.07, 6.45) is 6.11. The molecule has 0 bridgehead atoms. The van der Waals surface area contributed by atoms with Crippen LogP contribution in [-0.4, -0.2) is 23.2 Å². The molecule has 0 aromatic heterocycles. The van der Waals surface area contributed by atoms with Crippen molar-refractivity contribution in [3.63, 3.8) is 0 Å². The summed E-state index contributed by atoms with van der Waals surface area (Å²) in [6, 6.07) is 0. The van der Waals surface area contributed by atoms with Gasteiger partial charge in [0, 0.05) is 10.5 Å². The van der Waals surface area contributed by atoms with Crippen molar-refractivity contribution >= 4 is 11.8 Å². The van der Waals surface area contributed by atoms with Crippen LogP contribution < -0.4 is 0 Å². The molecule has 3 atom stereocenters. The largest absolute Gasteiger partial charge is 0.376 e. The van der Waals surface area contributed by atoms with Crippen molar-refractivity contribution in [2.75, 3.05) is 6.61 Å². The van der Waals surface area contributed by atoms with E-state index in [0.29, 0.717) is 6.10 Å². The molecule has 1 saturated heterocycles. The molecule has 2 aliphatic rings. The summed E-state index contributed by atoms with van der Waals surface area (Å²) in [5, 5.41) is 1.56. The van der Waals surface area contributed by atoms with Gasteiger partial charge in [0.05, 0.1) is 12.7 Å². The second-order valence-corrected chi connectivity index (χ2v) is 5.32. The highest BCUT2D eigenvalue weighted by molar-refractivity contribution is 8.00. The molecule has 0 radical (unpaired) electrons. The Labute approximate surface area is 72.9 Å². The van der Waals surface area contributed by atoms with E-state index in [1.807, 2.05) is 0 Å². The third kappa shape index (κ3) is 1.73. The maximum atomic E-state index is 5.77. The van der Waals surface area contributed by atoms with Gasteiger partial charge < -0.3 is 4.74 Å². The van der Waals surface area contributed by atoms with Crippen LogP contribution in [0, 0.1) is 0 Å². The molecule has 1 aliphatic carbocycles. The lowest BCUT2D eigenvalue weighted by Crippen LogP contribution is -2.37. The minimum Gasteiger partial charge on any atom is -0.376 e. The predicted octanol–water partition coefficient (Wildman–Crippen LogP) is 2.45. The number of rotatable bonds is 0. The second kappa shape index (κ2) is 3.36. The van der Waals surface area contributed by atoms with Gasteiger partial charge in [0.15, 0.2) is 0 Å². The fraction of sp³-hybridized carbons (Fsp3) is 1.00. The van der Waals surface area contributed by atoms with Crippen LogP contribution >= 0.6 is 11.8 Å². The fourth-order valence-electron chi connectivity index (χ4n) is 2.01. The average Bonchev–Trinajstić information content (AvgIpc) is 2.04. The Morgan fingerprint density at radius 3 is 3.00 bits per heavy atom. The first-order valence-corrected chi connectivity index (χ1v) is 5.57. The first kappa shape index (κ1) is 7.93. The lowest BCUT2D eigenvalue weighted by molar-refractivity contribution is 0.0267. The zero-order chi connectivity index (χ0) is 7.68. The number of thioether (sulfide) groups is 1. The van der Waals surface area contributed by atoms with E-state index in [2.05, 4.69) is 18.7 Å². The molecule has 2 fully saturated rings. The smallest absolute Gasteiger partial charge is 0.0694 e. The topological polar surface area (TPSA) is 9.23 Å². The van der Waals surface area contributed by atoms with Crippen molar-refractivity contribution in [3.8, 4) is 0 Å². The highest BCUT2D eigenvalue weighted by Gasteiger charge is 2.31. The first-order chi connectivity index (χ1) is 5.36. The van der Waals surface area contributed by atoms with Gasteiger partial charge in [-0.3, -0.25) is 0 Å². The van der Waals surface area contributed by atoms with Crippen LogP contribution in [0.1, 0.15) is 32.6 Å². The van der Waals surface area contributed by atoms with Gasteiger partial charge in [-0.1, -0.05) is 19.8 Å². The lowest BCUT2D eigenvalue weighted by Gasteiger charge is -2.37. The highest BCUT2D eigenvalue weighted by atomic mass is 32.2. The zero-order valence-corrected chi connectivity index (χ0v) is 7.90. The molecule has 0 spiro atoms. The molecule has 11 heavy (non-hydrogen) atoms. The number of fused-ring (bicyclic) bond motifs is 1. The van der Waals surface area contributed by atoms with Crippen molar-refractivity contribution < 1.29 is 4.74 Å². The first-order valence-electron chi connectivity index (χ1n) is 4.63. The lowest BCUT2D eigenvalue weighted by atomic mass is 9.97. The van der Waals surface area contributed by atoms with Crippen molar-refractivity contribution in [1.29, 1.82) is 0 Å². The summed E-state index contributed by atoms with van der Waals surface area (Å²) in [5.74, 6) is 0. The van der Waals surface area contributed by atoms with E-state index in [-0.39, 0.29) is 0 Å². The Morgan fingerprint density at radius 2 is 2.09 bits per heavy atom. The molecule has 1 heterocycles. The molecule has 0 N–H and O–H groups in total. The van der Waals surface area contributed by atoms with E-state index in [1.165, 1.54) is 25.7 Å². The van der Waals surface area contributed by atoms with Crippen LogP contribution in [0.4, 0.5) is 0 Å². The molecule has 1 nitrogen and oxygen atoms in total. The van der Waals surface area contributed by atoms with E-state index < -0.39 is 0 Å². The van der Waals surface area contributed by atoms with Crippen molar-refractivity contribution in [2.45, 2.75) is 49.2 Å². The second-order valence-electron chi connectivity index (χ2n) is 3.64. The van der Waals surface area contributed by atoms with E-state index >= 15 is 0 Å². The average molecular weight is 172 g/mol. The van der Waals surface area contributed by atoms with Gasteiger partial charge in [0.1, 0.15) is 0 Å². The summed E-state index contributed by atoms with van der Waals surface area (Å²) in [6.45, 7) is 3.25. The third-order valence-corrected chi connectivity index (χ3v) is 4.08. The van der Waals surface area contributed by atoms with Gasteiger partial charge in [-0.25, -0.2) is 0 Å². The molecule has 2 rings (SSSR count). The highest BCUT2D eigenvalue weighted by Crippen LogP contribution is 2.36. The molecule has 1 saturated carbocycles. The van der Waals surface area contributed by atoms with Crippen molar-refractivity contribution in [2.24, 2.45) is 0 Å². The van der Waals surface area contributed by atoms with Gasteiger partial charge >= 0.3 is 0 Å². The Bertz CT molecular complexity index is 138. The maximum absolute atomic E-state index is 5.77. The third-order valence-electron chi connectivity index (χ3n) is 2.59. The Balaban J connectivity index is 1.93. The normalized spacial score (nSPS) is 45.0. The van der Waals surface area contributed by atoms with Crippen LogP contribution in [0.25, 0.3) is 0 Å². The molecule has 64 valence electrons. The molecule has 0 aromatic carbocycles. The van der Waals surface area contributed by atoms with Gasteiger partial charge in [0.2, 0.25) is 0 Å². The van der Waals surface area contributed by atoms with E-state index in [0.717, 1.165) is 17.1 Å². The summed E-state index contributed by atoms with van der Waals surface area (Å²) in [7, 11) is 0. The molecule has 1 aliphatic heterocycles. The van der Waals surface area contributed by atoms with Crippen molar-refractivity contribution in [1.82, 2.24) is 0 Å². The maximum Gasteiger partial charge on any atom is 0.0694 e. The minimum absolute atomic E-state index is 0.602. The molecule has 3 unspecified atom stereocenters. The monoisotopic (exact) mass is 172 g/mol. The Hall–Kier alpha value is 0.310. The summed E-state index contributed by atoms with van der Waals surface area (Å²) >= 11 is 2.15. The van der Waals surface area contributed by atoms with Gasteiger partial charge in [-0.2, -0.15) is 11.8 Å². The summed E-state index contributed by atoms with van der Waals surface area (Å²) in [5.41, 5.74) is 0. The van der Waals surface area contributed by atoms with E-state index in [4.69, 9.17) is 4.74 Å². The van der Waals surface area contributed by atoms with Gasteiger partial charge in [-0.05, 0) is 12.8 Å². The Kier molecular flexibility index (Phi) is 2.42. The van der Waals surface area contributed by atoms with Crippen LogP contribution in [0.5, 0.6) is 0 Å². The molecular weight excluding hydrogens is 156 g/mol. The van der Waals surface area contributed by atoms with Crippen LogP contribution in [0.2, 0.25) is 0 Å². The van der Waals surface area contributed by atoms with Crippen LogP contribution in [-0.2, 0) is 4.74 Å².